The van der Waals surface area contributed by atoms with Crippen LogP contribution in [0.5, 0.6) is 5.88 Å². The fourth-order valence-corrected chi connectivity index (χ4v) is 3.15. The lowest BCUT2D eigenvalue weighted by atomic mass is 10.1. The minimum atomic E-state index is -0.349. The second-order valence-electron chi connectivity index (χ2n) is 6.39. The molecule has 3 aromatic rings. The van der Waals surface area contributed by atoms with Gasteiger partial charge in [-0.1, -0.05) is 12.1 Å². The molecular formula is C20H20FN3O2. The van der Waals surface area contributed by atoms with Crippen LogP contribution in [0.15, 0.2) is 47.5 Å². The summed E-state index contributed by atoms with van der Waals surface area (Å²) < 4.78 is 18.7. The number of fused-ring (bicyclic) bond motifs is 1. The summed E-state index contributed by atoms with van der Waals surface area (Å²) in [6, 6.07) is 12.4. The van der Waals surface area contributed by atoms with E-state index in [4.69, 9.17) is 4.74 Å². The lowest BCUT2D eigenvalue weighted by molar-refractivity contribution is 0.0342. The summed E-state index contributed by atoms with van der Waals surface area (Å²) >= 11 is 0. The highest BCUT2D eigenvalue weighted by molar-refractivity contribution is 6.02. The molecule has 0 bridgehead atoms. The third-order valence-electron chi connectivity index (χ3n) is 4.57. The molecule has 1 aliphatic rings. The van der Waals surface area contributed by atoms with Gasteiger partial charge in [-0.3, -0.25) is 9.89 Å². The van der Waals surface area contributed by atoms with Gasteiger partial charge >= 0.3 is 0 Å². The smallest absolute Gasteiger partial charge is 0.198 e. The van der Waals surface area contributed by atoms with Crippen LogP contribution >= 0.6 is 0 Å². The lowest BCUT2D eigenvalue weighted by Crippen LogP contribution is -2.35. The average Bonchev–Trinajstić information content (AvgIpc) is 2.96. The maximum Gasteiger partial charge on any atom is 0.198 e. The molecule has 6 heteroatoms. The number of benzene rings is 2. The van der Waals surface area contributed by atoms with E-state index in [1.807, 2.05) is 12.1 Å². The highest BCUT2D eigenvalue weighted by atomic mass is 19.1. The number of aromatic amines is 1. The second kappa shape index (κ2) is 7.27. The molecule has 0 unspecified atom stereocenters. The van der Waals surface area contributed by atoms with Crippen LogP contribution in [0, 0.1) is 5.82 Å². The average molecular weight is 353 g/mol. The number of halogens is 1. The molecule has 0 atom stereocenters. The minimum Gasteiger partial charge on any atom is -0.494 e. The molecule has 1 aromatic heterocycles. The monoisotopic (exact) mass is 353 g/mol. The fraction of sp³-hybridized carbons (Fsp3) is 0.250. The van der Waals surface area contributed by atoms with Crippen molar-refractivity contribution in [3.8, 4) is 5.88 Å². The Balaban J connectivity index is 1.49. The van der Waals surface area contributed by atoms with Crippen LogP contribution in [0.3, 0.4) is 0 Å². The van der Waals surface area contributed by atoms with Gasteiger partial charge in [-0.2, -0.15) is 0 Å². The SMILES string of the molecule is Oc1[nH]c2cc(F)ccc2c1C=Nc1ccc(CN2CCOCC2)cc1. The van der Waals surface area contributed by atoms with Gasteiger partial charge in [0, 0.05) is 31.2 Å². The molecule has 26 heavy (non-hydrogen) atoms. The molecule has 0 amide bonds. The first-order valence-electron chi connectivity index (χ1n) is 8.62. The van der Waals surface area contributed by atoms with E-state index in [-0.39, 0.29) is 11.7 Å². The number of aromatic nitrogens is 1. The number of nitrogens with zero attached hydrogens (tertiary/aromatic N) is 2. The molecule has 134 valence electrons. The molecular weight excluding hydrogens is 333 g/mol. The molecule has 1 aliphatic heterocycles. The number of nitrogens with one attached hydrogen (secondary N) is 1. The number of aromatic hydroxyl groups is 1. The molecule has 0 spiro atoms. The summed E-state index contributed by atoms with van der Waals surface area (Å²) in [7, 11) is 0. The summed E-state index contributed by atoms with van der Waals surface area (Å²) in [5.41, 5.74) is 3.13. The number of ether oxygens (including phenoxy) is 1. The maximum atomic E-state index is 13.3. The third kappa shape index (κ3) is 3.61. The Morgan fingerprint density at radius 2 is 1.92 bits per heavy atom. The van der Waals surface area contributed by atoms with E-state index in [9.17, 15) is 9.50 Å². The van der Waals surface area contributed by atoms with Crippen molar-refractivity contribution in [2.75, 3.05) is 26.3 Å². The van der Waals surface area contributed by atoms with Crippen molar-refractivity contribution in [2.24, 2.45) is 4.99 Å². The highest BCUT2D eigenvalue weighted by Gasteiger charge is 2.11. The Morgan fingerprint density at radius 3 is 2.69 bits per heavy atom. The van der Waals surface area contributed by atoms with Crippen LogP contribution in [0.4, 0.5) is 10.1 Å². The Labute approximate surface area is 150 Å². The van der Waals surface area contributed by atoms with Gasteiger partial charge in [0.05, 0.1) is 30.0 Å². The van der Waals surface area contributed by atoms with Crippen LogP contribution in [-0.4, -0.2) is 47.5 Å². The molecule has 2 heterocycles. The van der Waals surface area contributed by atoms with Crippen LogP contribution < -0.4 is 0 Å². The van der Waals surface area contributed by atoms with Crippen molar-refractivity contribution in [1.29, 1.82) is 0 Å². The largest absolute Gasteiger partial charge is 0.494 e. The minimum absolute atomic E-state index is 0.0155. The predicted octanol–water partition coefficient (Wildman–Crippen LogP) is 3.60. The first-order chi connectivity index (χ1) is 12.7. The molecule has 0 aliphatic carbocycles. The van der Waals surface area contributed by atoms with Crippen molar-refractivity contribution in [1.82, 2.24) is 9.88 Å². The van der Waals surface area contributed by atoms with Crippen molar-refractivity contribution in [2.45, 2.75) is 6.54 Å². The van der Waals surface area contributed by atoms with Crippen LogP contribution in [-0.2, 0) is 11.3 Å². The Hall–Kier alpha value is -2.70. The van der Waals surface area contributed by atoms with E-state index in [0.717, 1.165) is 43.9 Å². The van der Waals surface area contributed by atoms with Gasteiger partial charge in [-0.05, 0) is 35.9 Å². The zero-order valence-electron chi connectivity index (χ0n) is 14.3. The standard InChI is InChI=1S/C20H20FN3O2/c21-15-3-6-17-18(20(25)23-19(17)11-15)12-22-16-4-1-14(2-5-16)13-24-7-9-26-10-8-24/h1-6,11-12,23,25H,7-10,13H2. The molecule has 1 saturated heterocycles. The van der Waals surface area contributed by atoms with Crippen LogP contribution in [0.2, 0.25) is 0 Å². The first kappa shape index (κ1) is 16.8. The van der Waals surface area contributed by atoms with Crippen LogP contribution in [0.1, 0.15) is 11.1 Å². The van der Waals surface area contributed by atoms with Gasteiger partial charge in [-0.25, -0.2) is 4.39 Å². The summed E-state index contributed by atoms with van der Waals surface area (Å²) in [4.78, 5) is 9.57. The fourth-order valence-electron chi connectivity index (χ4n) is 3.15. The normalized spacial score (nSPS) is 15.9. The van der Waals surface area contributed by atoms with Crippen molar-refractivity contribution < 1.29 is 14.2 Å². The van der Waals surface area contributed by atoms with E-state index < -0.39 is 0 Å². The molecule has 1 fully saturated rings. The topological polar surface area (TPSA) is 60.8 Å². The van der Waals surface area contributed by atoms with E-state index >= 15 is 0 Å². The maximum absolute atomic E-state index is 13.3. The highest BCUT2D eigenvalue weighted by Crippen LogP contribution is 2.27. The van der Waals surface area contributed by atoms with Gasteiger partial charge in [0.25, 0.3) is 0 Å². The zero-order valence-corrected chi connectivity index (χ0v) is 14.3. The van der Waals surface area contributed by atoms with Gasteiger partial charge in [0.2, 0.25) is 0 Å². The number of hydrogen-bond donors (Lipinski definition) is 2. The Morgan fingerprint density at radius 1 is 1.15 bits per heavy atom. The number of morpholine rings is 1. The van der Waals surface area contributed by atoms with Gasteiger partial charge in [0.1, 0.15) is 5.82 Å². The summed E-state index contributed by atoms with van der Waals surface area (Å²) in [5, 5.41) is 10.8. The quantitative estimate of drug-likeness (QED) is 0.705. The van der Waals surface area contributed by atoms with E-state index in [1.54, 1.807) is 12.3 Å². The third-order valence-corrected chi connectivity index (χ3v) is 4.57. The molecule has 5 nitrogen and oxygen atoms in total. The van der Waals surface area contributed by atoms with Crippen molar-refractivity contribution >= 4 is 22.8 Å². The number of rotatable bonds is 4. The van der Waals surface area contributed by atoms with Crippen LogP contribution in [0.25, 0.3) is 10.9 Å². The molecule has 0 radical (unpaired) electrons. The number of H-pyrrole nitrogens is 1. The van der Waals surface area contributed by atoms with Crippen molar-refractivity contribution in [3.63, 3.8) is 0 Å². The lowest BCUT2D eigenvalue weighted by Gasteiger charge is -2.26. The first-order valence-corrected chi connectivity index (χ1v) is 8.62. The van der Waals surface area contributed by atoms with Gasteiger partial charge in [-0.15, -0.1) is 0 Å². The van der Waals surface area contributed by atoms with Gasteiger partial charge in [0.15, 0.2) is 5.88 Å². The molecule has 4 rings (SSSR count). The summed E-state index contributed by atoms with van der Waals surface area (Å²) in [6.07, 6.45) is 1.60. The van der Waals surface area contributed by atoms with E-state index in [2.05, 4.69) is 27.0 Å². The second-order valence-corrected chi connectivity index (χ2v) is 6.39. The molecule has 2 aromatic carbocycles. The van der Waals surface area contributed by atoms with E-state index in [0.29, 0.717) is 11.1 Å². The summed E-state index contributed by atoms with van der Waals surface area (Å²) in [6.45, 7) is 4.41. The number of hydrogen-bond acceptors (Lipinski definition) is 4. The Bertz CT molecular complexity index is 928. The predicted molar refractivity (Wildman–Crippen MR) is 99.7 cm³/mol. The summed E-state index contributed by atoms with van der Waals surface area (Å²) in [5.74, 6) is -0.364. The molecule has 0 saturated carbocycles. The number of aliphatic imine (C=N–C) groups is 1. The Kier molecular flexibility index (Phi) is 4.69. The van der Waals surface area contributed by atoms with Gasteiger partial charge < -0.3 is 14.8 Å². The van der Waals surface area contributed by atoms with E-state index in [1.165, 1.54) is 17.7 Å². The zero-order chi connectivity index (χ0) is 17.9. The molecule has 2 N–H and O–H groups in total. The van der Waals surface area contributed by atoms with Crippen molar-refractivity contribution in [3.05, 3.63) is 59.4 Å².